The molecule has 0 spiro atoms. The second-order valence-corrected chi connectivity index (χ2v) is 8.40. The third-order valence-corrected chi connectivity index (χ3v) is 6.43. The topological polar surface area (TPSA) is 94.0 Å². The van der Waals surface area contributed by atoms with E-state index in [9.17, 15) is 19.1 Å². The van der Waals surface area contributed by atoms with Crippen LogP contribution >= 0.6 is 0 Å². The standard InChI is InChI=1S/C23H29FN4O3/c1-2-25-23(27-13-18(29)14-6-8-17(24)9-7-14)26-10-3-11-28-21(30)19-15-4-5-16(12-15)20(19)22(28)31/h4-9,15-16,18-20,29H,2-3,10-13H2,1H3,(H2,25,26,27). The molecule has 1 aromatic rings. The zero-order valence-corrected chi connectivity index (χ0v) is 17.6. The van der Waals surface area contributed by atoms with Gasteiger partial charge in [-0.25, -0.2) is 4.39 Å². The van der Waals surface area contributed by atoms with Gasteiger partial charge in [0.2, 0.25) is 11.8 Å². The molecule has 1 aliphatic heterocycles. The number of aliphatic hydroxyl groups is 1. The Balaban J connectivity index is 1.25. The van der Waals surface area contributed by atoms with Gasteiger partial charge in [-0.1, -0.05) is 24.3 Å². The Morgan fingerprint density at radius 3 is 2.42 bits per heavy atom. The molecule has 7 nitrogen and oxygen atoms in total. The van der Waals surface area contributed by atoms with Gasteiger partial charge in [-0.15, -0.1) is 0 Å². The molecule has 5 unspecified atom stereocenters. The molecule has 1 heterocycles. The number of hydrogen-bond donors (Lipinski definition) is 3. The Morgan fingerprint density at radius 2 is 1.81 bits per heavy atom. The number of amides is 2. The maximum absolute atomic E-state index is 13.0. The van der Waals surface area contributed by atoms with E-state index in [2.05, 4.69) is 27.8 Å². The van der Waals surface area contributed by atoms with Gasteiger partial charge in [0.15, 0.2) is 5.96 Å². The third kappa shape index (κ3) is 4.35. The number of halogens is 1. The summed E-state index contributed by atoms with van der Waals surface area (Å²) in [4.78, 5) is 31.2. The van der Waals surface area contributed by atoms with Crippen molar-refractivity contribution in [1.29, 1.82) is 0 Å². The smallest absolute Gasteiger partial charge is 0.233 e. The maximum atomic E-state index is 13.0. The number of aliphatic imine (C=N–C) groups is 1. The normalized spacial score (nSPS) is 27.7. The monoisotopic (exact) mass is 428 g/mol. The van der Waals surface area contributed by atoms with Gasteiger partial charge < -0.3 is 15.7 Å². The molecule has 166 valence electrons. The van der Waals surface area contributed by atoms with Crippen LogP contribution in [0, 0.1) is 29.5 Å². The summed E-state index contributed by atoms with van der Waals surface area (Å²) in [5.41, 5.74) is 0.598. The Kier molecular flexibility index (Phi) is 6.36. The van der Waals surface area contributed by atoms with Crippen LogP contribution in [-0.2, 0) is 9.59 Å². The van der Waals surface area contributed by atoms with Crippen molar-refractivity contribution in [2.45, 2.75) is 25.9 Å². The predicted molar refractivity (Wildman–Crippen MR) is 114 cm³/mol. The largest absolute Gasteiger partial charge is 0.386 e. The van der Waals surface area contributed by atoms with Gasteiger partial charge in [-0.05, 0) is 49.3 Å². The minimum Gasteiger partial charge on any atom is -0.386 e. The summed E-state index contributed by atoms with van der Waals surface area (Å²) in [5.74, 6) is 0.317. The molecule has 3 N–H and O–H groups in total. The fourth-order valence-electron chi connectivity index (χ4n) is 4.94. The van der Waals surface area contributed by atoms with E-state index in [0.717, 1.165) is 6.42 Å². The van der Waals surface area contributed by atoms with Crippen molar-refractivity contribution in [1.82, 2.24) is 15.5 Å². The van der Waals surface area contributed by atoms with Crippen LogP contribution in [0.2, 0.25) is 0 Å². The van der Waals surface area contributed by atoms with E-state index in [1.54, 1.807) is 0 Å². The number of guanidine groups is 1. The average molecular weight is 429 g/mol. The number of imide groups is 1. The molecule has 1 saturated heterocycles. The first-order valence-electron chi connectivity index (χ1n) is 11.0. The lowest BCUT2D eigenvalue weighted by Crippen LogP contribution is -2.40. The van der Waals surface area contributed by atoms with Crippen LogP contribution in [0.1, 0.15) is 31.4 Å². The van der Waals surface area contributed by atoms with E-state index in [1.807, 2.05) is 6.92 Å². The fourth-order valence-corrected chi connectivity index (χ4v) is 4.94. The van der Waals surface area contributed by atoms with Crippen LogP contribution in [0.3, 0.4) is 0 Å². The van der Waals surface area contributed by atoms with Crippen LogP contribution in [0.15, 0.2) is 41.4 Å². The van der Waals surface area contributed by atoms with E-state index in [0.29, 0.717) is 37.6 Å². The highest BCUT2D eigenvalue weighted by Gasteiger charge is 2.58. The van der Waals surface area contributed by atoms with Gasteiger partial charge in [-0.3, -0.25) is 19.5 Å². The highest BCUT2D eigenvalue weighted by molar-refractivity contribution is 6.06. The summed E-state index contributed by atoms with van der Waals surface area (Å²) in [6, 6.07) is 5.69. The molecule has 2 fully saturated rings. The molecule has 4 rings (SSSR count). The number of nitrogens with zero attached hydrogens (tertiary/aromatic N) is 2. The first kappa shape index (κ1) is 21.5. The number of nitrogens with one attached hydrogen (secondary N) is 2. The van der Waals surface area contributed by atoms with Crippen LogP contribution in [-0.4, -0.2) is 54.0 Å². The van der Waals surface area contributed by atoms with Crippen molar-refractivity contribution >= 4 is 17.8 Å². The number of hydrogen-bond acceptors (Lipinski definition) is 4. The summed E-state index contributed by atoms with van der Waals surface area (Å²) in [6.45, 7) is 3.66. The van der Waals surface area contributed by atoms with Crippen LogP contribution in [0.25, 0.3) is 0 Å². The van der Waals surface area contributed by atoms with Crippen LogP contribution in [0.4, 0.5) is 4.39 Å². The summed E-state index contributed by atoms with van der Waals surface area (Å²) < 4.78 is 13.0. The zero-order valence-electron chi connectivity index (χ0n) is 17.6. The lowest BCUT2D eigenvalue weighted by atomic mass is 9.85. The Morgan fingerprint density at radius 1 is 1.16 bits per heavy atom. The lowest BCUT2D eigenvalue weighted by molar-refractivity contribution is -0.140. The predicted octanol–water partition coefficient (Wildman–Crippen LogP) is 1.61. The van der Waals surface area contributed by atoms with Gasteiger partial charge in [0.05, 0.1) is 24.5 Å². The van der Waals surface area contributed by atoms with E-state index < -0.39 is 6.10 Å². The summed E-state index contributed by atoms with van der Waals surface area (Å²) in [6.07, 6.45) is 4.92. The van der Waals surface area contributed by atoms with Gasteiger partial charge in [0, 0.05) is 19.6 Å². The number of carbonyl (C=O) groups excluding carboxylic acids is 2. The Bertz CT molecular complexity index is 855. The SMILES string of the molecule is CCNC(=NCC(O)c1ccc(F)cc1)NCCCN1C(=O)C2C3C=CC(C3)C2C1=O. The fraction of sp³-hybridized carbons (Fsp3) is 0.522. The molecule has 2 amide bonds. The van der Waals surface area contributed by atoms with E-state index in [4.69, 9.17) is 0 Å². The van der Waals surface area contributed by atoms with E-state index in [1.165, 1.54) is 29.2 Å². The molecule has 1 aromatic carbocycles. The number of benzene rings is 1. The number of allylic oxidation sites excluding steroid dienone is 2. The second kappa shape index (κ2) is 9.18. The van der Waals surface area contributed by atoms with Gasteiger partial charge in [0.25, 0.3) is 0 Å². The van der Waals surface area contributed by atoms with Crippen molar-refractivity contribution < 1.29 is 19.1 Å². The maximum Gasteiger partial charge on any atom is 0.233 e. The summed E-state index contributed by atoms with van der Waals surface area (Å²) in [7, 11) is 0. The average Bonchev–Trinajstić information content (AvgIpc) is 3.44. The van der Waals surface area contributed by atoms with Gasteiger partial charge >= 0.3 is 0 Å². The summed E-state index contributed by atoms with van der Waals surface area (Å²) >= 11 is 0. The molecule has 3 aliphatic rings. The van der Waals surface area contributed by atoms with Crippen molar-refractivity contribution in [3.63, 3.8) is 0 Å². The van der Waals surface area contributed by atoms with Crippen molar-refractivity contribution in [2.75, 3.05) is 26.2 Å². The van der Waals surface area contributed by atoms with Crippen molar-refractivity contribution in [2.24, 2.45) is 28.7 Å². The van der Waals surface area contributed by atoms with Crippen LogP contribution in [0.5, 0.6) is 0 Å². The van der Waals surface area contributed by atoms with Crippen molar-refractivity contribution in [3.05, 3.63) is 47.8 Å². The van der Waals surface area contributed by atoms with E-state index in [-0.39, 0.29) is 47.8 Å². The van der Waals surface area contributed by atoms with Crippen molar-refractivity contribution in [3.8, 4) is 0 Å². The second-order valence-electron chi connectivity index (χ2n) is 8.40. The summed E-state index contributed by atoms with van der Waals surface area (Å²) in [5, 5.41) is 16.5. The minimum absolute atomic E-state index is 0.0187. The quantitative estimate of drug-likeness (QED) is 0.192. The highest BCUT2D eigenvalue weighted by atomic mass is 19.1. The lowest BCUT2D eigenvalue weighted by Gasteiger charge is -2.18. The number of carbonyl (C=O) groups is 2. The molecular formula is C23H29FN4O3. The molecule has 31 heavy (non-hydrogen) atoms. The number of aliphatic hydroxyl groups excluding tert-OH is 1. The van der Waals surface area contributed by atoms with E-state index >= 15 is 0 Å². The molecule has 2 aliphatic carbocycles. The van der Waals surface area contributed by atoms with Gasteiger partial charge in [0.1, 0.15) is 5.82 Å². The third-order valence-electron chi connectivity index (χ3n) is 6.43. The molecule has 1 saturated carbocycles. The molecule has 8 heteroatoms. The molecule has 5 atom stereocenters. The number of fused-ring (bicyclic) bond motifs is 5. The number of rotatable bonds is 8. The Labute approximate surface area is 181 Å². The first-order valence-corrected chi connectivity index (χ1v) is 11.0. The first-order chi connectivity index (χ1) is 15.0. The molecule has 2 bridgehead atoms. The number of likely N-dealkylation sites (tertiary alicyclic amines) is 1. The zero-order chi connectivity index (χ0) is 22.0. The van der Waals surface area contributed by atoms with Gasteiger partial charge in [-0.2, -0.15) is 0 Å². The van der Waals surface area contributed by atoms with Crippen LogP contribution < -0.4 is 10.6 Å². The molecule has 0 aromatic heterocycles. The highest BCUT2D eigenvalue weighted by Crippen LogP contribution is 2.52. The Hall–Kier alpha value is -2.74. The molecule has 0 radical (unpaired) electrons. The molecular weight excluding hydrogens is 399 g/mol. The minimum atomic E-state index is -0.834.